The number of carbonyl (C=O) groups excluding carboxylic acids is 1. The Kier molecular flexibility index (Phi) is 5.16. The molecule has 0 aliphatic carbocycles. The number of aryl methyl sites for hydroxylation is 1. The molecule has 126 valence electrons. The predicted octanol–water partition coefficient (Wildman–Crippen LogP) is 2.89. The van der Waals surface area contributed by atoms with Crippen molar-refractivity contribution in [2.75, 3.05) is 18.0 Å². The number of carbonyl (C=O) groups is 1. The van der Waals surface area contributed by atoms with Crippen molar-refractivity contribution in [1.29, 1.82) is 0 Å². The zero-order valence-corrected chi connectivity index (χ0v) is 14.7. The second-order valence-corrected chi connectivity index (χ2v) is 6.53. The van der Waals surface area contributed by atoms with Crippen molar-refractivity contribution in [3.05, 3.63) is 46.1 Å². The van der Waals surface area contributed by atoms with Gasteiger partial charge in [-0.25, -0.2) is 15.0 Å². The summed E-state index contributed by atoms with van der Waals surface area (Å²) in [6.07, 6.45) is 3.28. The Hall–Kier alpha value is -1.92. The number of halogens is 2. The molecule has 0 unspecified atom stereocenters. The zero-order valence-electron chi connectivity index (χ0n) is 13.2. The molecular weight excluding hydrogens is 349 g/mol. The predicted molar refractivity (Wildman–Crippen MR) is 93.7 cm³/mol. The Morgan fingerprint density at radius 1 is 1.17 bits per heavy atom. The summed E-state index contributed by atoms with van der Waals surface area (Å²) in [6, 6.07) is 5.12. The molecule has 1 aliphatic rings. The van der Waals surface area contributed by atoms with E-state index in [0.29, 0.717) is 5.56 Å². The second kappa shape index (κ2) is 7.32. The zero-order chi connectivity index (χ0) is 17.1. The van der Waals surface area contributed by atoms with Gasteiger partial charge in [-0.05, 0) is 31.9 Å². The molecule has 1 amide bonds. The summed E-state index contributed by atoms with van der Waals surface area (Å²) in [4.78, 5) is 26.8. The van der Waals surface area contributed by atoms with Gasteiger partial charge < -0.3 is 10.2 Å². The van der Waals surface area contributed by atoms with Gasteiger partial charge in [0.05, 0.1) is 0 Å². The van der Waals surface area contributed by atoms with Gasteiger partial charge in [-0.15, -0.1) is 0 Å². The van der Waals surface area contributed by atoms with E-state index in [2.05, 4.69) is 25.2 Å². The molecule has 0 aromatic carbocycles. The lowest BCUT2D eigenvalue weighted by Gasteiger charge is -2.33. The fraction of sp³-hybridized carbons (Fsp3) is 0.375. The number of hydrogen-bond donors (Lipinski definition) is 1. The fourth-order valence-electron chi connectivity index (χ4n) is 2.73. The average Bonchev–Trinajstić information content (AvgIpc) is 2.54. The van der Waals surface area contributed by atoms with Gasteiger partial charge in [-0.3, -0.25) is 4.79 Å². The smallest absolute Gasteiger partial charge is 0.251 e. The van der Waals surface area contributed by atoms with Crippen molar-refractivity contribution >= 4 is 34.9 Å². The first-order chi connectivity index (χ1) is 11.5. The molecular formula is C16H17Cl2N5O. The Bertz CT molecular complexity index is 727. The van der Waals surface area contributed by atoms with Crippen molar-refractivity contribution in [1.82, 2.24) is 20.3 Å². The van der Waals surface area contributed by atoms with Crippen LogP contribution in [-0.4, -0.2) is 40.0 Å². The van der Waals surface area contributed by atoms with Crippen LogP contribution in [0.3, 0.4) is 0 Å². The van der Waals surface area contributed by atoms with E-state index in [1.54, 1.807) is 6.33 Å². The molecule has 1 fully saturated rings. The highest BCUT2D eigenvalue weighted by Crippen LogP contribution is 2.19. The van der Waals surface area contributed by atoms with Gasteiger partial charge in [0.25, 0.3) is 5.91 Å². The Morgan fingerprint density at radius 2 is 1.83 bits per heavy atom. The number of anilines is 1. The lowest BCUT2D eigenvalue weighted by Crippen LogP contribution is -2.45. The summed E-state index contributed by atoms with van der Waals surface area (Å²) in [6.45, 7) is 3.61. The van der Waals surface area contributed by atoms with Gasteiger partial charge in [0, 0.05) is 36.5 Å². The number of rotatable bonds is 3. The first-order valence-electron chi connectivity index (χ1n) is 7.69. The first-order valence-corrected chi connectivity index (χ1v) is 8.44. The lowest BCUT2D eigenvalue weighted by molar-refractivity contribution is 0.0931. The third-order valence-corrected chi connectivity index (χ3v) is 4.36. The molecule has 24 heavy (non-hydrogen) atoms. The van der Waals surface area contributed by atoms with Crippen LogP contribution in [0.2, 0.25) is 10.3 Å². The molecule has 6 nitrogen and oxygen atoms in total. The molecule has 0 spiro atoms. The van der Waals surface area contributed by atoms with Crippen molar-refractivity contribution in [2.24, 2.45) is 0 Å². The van der Waals surface area contributed by atoms with Gasteiger partial charge >= 0.3 is 0 Å². The lowest BCUT2D eigenvalue weighted by atomic mass is 10.0. The Labute approximate surface area is 150 Å². The molecule has 0 atom stereocenters. The molecule has 0 bridgehead atoms. The maximum absolute atomic E-state index is 12.3. The van der Waals surface area contributed by atoms with Gasteiger partial charge in [0.2, 0.25) is 0 Å². The van der Waals surface area contributed by atoms with Crippen molar-refractivity contribution < 1.29 is 4.79 Å². The minimum atomic E-state index is -0.183. The third-order valence-electron chi connectivity index (χ3n) is 3.97. The maximum atomic E-state index is 12.3. The van der Waals surface area contributed by atoms with Gasteiger partial charge in [0.1, 0.15) is 22.5 Å². The molecule has 3 rings (SSSR count). The van der Waals surface area contributed by atoms with Gasteiger partial charge in [-0.2, -0.15) is 0 Å². The monoisotopic (exact) mass is 365 g/mol. The van der Waals surface area contributed by atoms with E-state index in [0.717, 1.165) is 37.4 Å². The molecule has 8 heteroatoms. The van der Waals surface area contributed by atoms with Crippen LogP contribution in [0.15, 0.2) is 24.5 Å². The van der Waals surface area contributed by atoms with E-state index in [4.69, 9.17) is 23.2 Å². The summed E-state index contributed by atoms with van der Waals surface area (Å²) < 4.78 is 0. The number of piperidine rings is 1. The summed E-state index contributed by atoms with van der Waals surface area (Å²) in [5, 5.41) is 3.45. The van der Waals surface area contributed by atoms with Crippen molar-refractivity contribution in [3.63, 3.8) is 0 Å². The normalized spacial score (nSPS) is 15.4. The Balaban J connectivity index is 1.58. The largest absolute Gasteiger partial charge is 0.356 e. The molecule has 0 radical (unpaired) electrons. The molecule has 1 aliphatic heterocycles. The number of nitrogens with one attached hydrogen (secondary N) is 1. The standard InChI is InChI=1S/C16H17Cl2N5O/c1-10-6-15(20-9-19-10)23-4-2-12(3-5-23)21-16(24)11-7-13(17)22-14(18)8-11/h6-9,12H,2-5H2,1H3,(H,21,24). The number of pyridine rings is 1. The van der Waals surface area contributed by atoms with Crippen LogP contribution < -0.4 is 10.2 Å². The van der Waals surface area contributed by atoms with E-state index >= 15 is 0 Å². The summed E-state index contributed by atoms with van der Waals surface area (Å²) in [5.74, 6) is 0.748. The molecule has 3 heterocycles. The number of amides is 1. The topological polar surface area (TPSA) is 71.0 Å². The number of aromatic nitrogens is 3. The van der Waals surface area contributed by atoms with Gasteiger partial charge in [0.15, 0.2) is 0 Å². The molecule has 1 N–H and O–H groups in total. The highest BCUT2D eigenvalue weighted by atomic mass is 35.5. The molecule has 0 saturated carbocycles. The van der Waals surface area contributed by atoms with E-state index in [1.165, 1.54) is 12.1 Å². The fourth-order valence-corrected chi connectivity index (χ4v) is 3.19. The highest BCUT2D eigenvalue weighted by molar-refractivity contribution is 6.33. The van der Waals surface area contributed by atoms with Crippen LogP contribution in [0.4, 0.5) is 5.82 Å². The van der Waals surface area contributed by atoms with Crippen molar-refractivity contribution in [3.8, 4) is 0 Å². The van der Waals surface area contributed by atoms with Crippen molar-refractivity contribution in [2.45, 2.75) is 25.8 Å². The van der Waals surface area contributed by atoms with Crippen LogP contribution in [-0.2, 0) is 0 Å². The third kappa shape index (κ3) is 4.13. The van der Waals surface area contributed by atoms with E-state index in [-0.39, 0.29) is 22.3 Å². The van der Waals surface area contributed by atoms with E-state index in [1.807, 2.05) is 13.0 Å². The SMILES string of the molecule is Cc1cc(N2CCC(NC(=O)c3cc(Cl)nc(Cl)c3)CC2)ncn1. The van der Waals surface area contributed by atoms with Crippen LogP contribution in [0.5, 0.6) is 0 Å². The summed E-state index contributed by atoms with van der Waals surface area (Å²) in [5.41, 5.74) is 1.37. The second-order valence-electron chi connectivity index (χ2n) is 5.75. The van der Waals surface area contributed by atoms with E-state index in [9.17, 15) is 4.79 Å². The van der Waals surface area contributed by atoms with E-state index < -0.39 is 0 Å². The molecule has 2 aromatic rings. The van der Waals surface area contributed by atoms with Crippen LogP contribution in [0.1, 0.15) is 28.9 Å². The highest BCUT2D eigenvalue weighted by Gasteiger charge is 2.22. The van der Waals surface area contributed by atoms with Crippen LogP contribution in [0.25, 0.3) is 0 Å². The average molecular weight is 366 g/mol. The maximum Gasteiger partial charge on any atom is 0.251 e. The summed E-state index contributed by atoms with van der Waals surface area (Å²) in [7, 11) is 0. The Morgan fingerprint density at radius 3 is 2.46 bits per heavy atom. The van der Waals surface area contributed by atoms with Gasteiger partial charge in [-0.1, -0.05) is 23.2 Å². The molecule has 2 aromatic heterocycles. The van der Waals surface area contributed by atoms with Crippen LogP contribution in [0, 0.1) is 6.92 Å². The number of nitrogens with zero attached hydrogens (tertiary/aromatic N) is 4. The minimum Gasteiger partial charge on any atom is -0.356 e. The molecule has 1 saturated heterocycles. The first kappa shape index (κ1) is 16.9. The minimum absolute atomic E-state index is 0.113. The quantitative estimate of drug-likeness (QED) is 0.846. The van der Waals surface area contributed by atoms with Crippen LogP contribution >= 0.6 is 23.2 Å². The summed E-state index contributed by atoms with van der Waals surface area (Å²) >= 11 is 11.7. The number of hydrogen-bond acceptors (Lipinski definition) is 5.